The van der Waals surface area contributed by atoms with Crippen molar-refractivity contribution in [3.05, 3.63) is 54.3 Å². The largest absolute Gasteiger partial charge is 0.433 e. The molecule has 0 aliphatic carbocycles. The number of rotatable bonds is 8. The molecule has 0 aromatic heterocycles. The summed E-state index contributed by atoms with van der Waals surface area (Å²) in [7, 11) is 1.57. The van der Waals surface area contributed by atoms with E-state index in [1.807, 2.05) is 0 Å². The number of nitrogens with one attached hydrogen (secondary N) is 2. The third kappa shape index (κ3) is 6.27. The van der Waals surface area contributed by atoms with Crippen molar-refractivity contribution in [3.8, 4) is 5.75 Å². The summed E-state index contributed by atoms with van der Waals surface area (Å²) < 4.78 is 42.2. The summed E-state index contributed by atoms with van der Waals surface area (Å²) in [6, 6.07) is 10.4. The van der Waals surface area contributed by atoms with Gasteiger partial charge in [0.2, 0.25) is 11.8 Å². The highest BCUT2D eigenvalue weighted by Gasteiger charge is 2.21. The first-order valence-corrected chi connectivity index (χ1v) is 8.36. The number of likely N-dealkylation sites (N-methyl/N-ethyl adjacent to an activating group) is 1. The van der Waals surface area contributed by atoms with Crippen LogP contribution in [0, 0.1) is 5.82 Å². The molecule has 2 N–H and O–H groups in total. The molecule has 9 heteroatoms. The third-order valence-corrected chi connectivity index (χ3v) is 3.92. The topological polar surface area (TPSA) is 70.7 Å². The van der Waals surface area contributed by atoms with Gasteiger partial charge in [0, 0.05) is 5.69 Å². The number of hydrogen-bond acceptors (Lipinski definition) is 4. The van der Waals surface area contributed by atoms with E-state index in [0.717, 1.165) is 0 Å². The van der Waals surface area contributed by atoms with Crippen molar-refractivity contribution in [2.24, 2.45) is 0 Å². The maximum Gasteiger partial charge on any atom is 0.387 e. The summed E-state index contributed by atoms with van der Waals surface area (Å²) >= 11 is 0. The molecule has 0 aliphatic rings. The van der Waals surface area contributed by atoms with Crippen LogP contribution in [0.1, 0.15) is 6.92 Å². The minimum Gasteiger partial charge on any atom is -0.433 e. The van der Waals surface area contributed by atoms with Gasteiger partial charge < -0.3 is 15.4 Å². The minimum atomic E-state index is -3.02. The van der Waals surface area contributed by atoms with E-state index in [0.29, 0.717) is 5.69 Å². The quantitative estimate of drug-likeness (QED) is 0.719. The number of benzene rings is 2. The molecule has 1 atom stereocenters. The molecular formula is C19H20F3N3O3. The van der Waals surface area contributed by atoms with Gasteiger partial charge in [-0.25, -0.2) is 4.39 Å². The van der Waals surface area contributed by atoms with E-state index in [9.17, 15) is 22.8 Å². The van der Waals surface area contributed by atoms with Gasteiger partial charge in [-0.2, -0.15) is 8.78 Å². The Morgan fingerprint density at radius 3 is 2.36 bits per heavy atom. The van der Waals surface area contributed by atoms with E-state index in [-0.39, 0.29) is 18.0 Å². The average Bonchev–Trinajstić information content (AvgIpc) is 2.64. The van der Waals surface area contributed by atoms with Crippen LogP contribution in [0.5, 0.6) is 5.75 Å². The smallest absolute Gasteiger partial charge is 0.387 e. The molecule has 0 spiro atoms. The van der Waals surface area contributed by atoms with E-state index in [2.05, 4.69) is 15.4 Å². The van der Waals surface area contributed by atoms with Gasteiger partial charge in [-0.1, -0.05) is 12.1 Å². The lowest BCUT2D eigenvalue weighted by Gasteiger charge is -2.23. The second-order valence-corrected chi connectivity index (χ2v) is 6.01. The fourth-order valence-electron chi connectivity index (χ4n) is 2.30. The molecule has 150 valence electrons. The number of carbonyl (C=O) groups is 2. The Bertz CT molecular complexity index is 816. The molecule has 0 fully saturated rings. The first-order valence-electron chi connectivity index (χ1n) is 8.36. The van der Waals surface area contributed by atoms with E-state index in [1.165, 1.54) is 47.4 Å². The normalized spacial score (nSPS) is 12.0. The highest BCUT2D eigenvalue weighted by molar-refractivity contribution is 5.97. The van der Waals surface area contributed by atoms with Gasteiger partial charge in [0.15, 0.2) is 0 Å². The first kappa shape index (κ1) is 21.2. The van der Waals surface area contributed by atoms with Crippen LogP contribution in [-0.2, 0) is 9.59 Å². The van der Waals surface area contributed by atoms with E-state index in [4.69, 9.17) is 0 Å². The Labute approximate surface area is 160 Å². The maximum absolute atomic E-state index is 12.9. The predicted molar refractivity (Wildman–Crippen MR) is 98.8 cm³/mol. The molecule has 0 saturated carbocycles. The van der Waals surface area contributed by atoms with Crippen molar-refractivity contribution in [1.29, 1.82) is 0 Å². The third-order valence-electron chi connectivity index (χ3n) is 3.92. The molecule has 28 heavy (non-hydrogen) atoms. The molecule has 2 aromatic rings. The van der Waals surface area contributed by atoms with Gasteiger partial charge >= 0.3 is 6.61 Å². The zero-order chi connectivity index (χ0) is 20.7. The lowest BCUT2D eigenvalue weighted by atomic mass is 10.2. The molecule has 0 radical (unpaired) electrons. The summed E-state index contributed by atoms with van der Waals surface area (Å²) in [6.45, 7) is -1.56. The van der Waals surface area contributed by atoms with Crippen molar-refractivity contribution < 1.29 is 27.5 Å². The van der Waals surface area contributed by atoms with Crippen molar-refractivity contribution >= 4 is 23.2 Å². The van der Waals surface area contributed by atoms with Gasteiger partial charge in [0.1, 0.15) is 11.6 Å². The second kappa shape index (κ2) is 9.75. The lowest BCUT2D eigenvalue weighted by molar-refractivity contribution is -0.122. The number of amides is 2. The molecule has 0 saturated heterocycles. The number of nitrogens with zero attached hydrogens (tertiary/aromatic N) is 1. The highest BCUT2D eigenvalue weighted by atomic mass is 19.3. The Kier molecular flexibility index (Phi) is 7.39. The zero-order valence-corrected chi connectivity index (χ0v) is 15.3. The van der Waals surface area contributed by atoms with Crippen LogP contribution in [-0.4, -0.2) is 43.0 Å². The molecule has 1 unspecified atom stereocenters. The van der Waals surface area contributed by atoms with Crippen LogP contribution in [0.3, 0.4) is 0 Å². The average molecular weight is 395 g/mol. The summed E-state index contributed by atoms with van der Waals surface area (Å²) in [5.74, 6) is -1.47. The SMILES string of the molecule is CC(C(=O)Nc1ccccc1OC(F)F)N(C)CC(=O)Nc1ccc(F)cc1. The summed E-state index contributed by atoms with van der Waals surface area (Å²) in [6.07, 6.45) is 0. The number of ether oxygens (including phenoxy) is 1. The maximum atomic E-state index is 12.9. The molecule has 6 nitrogen and oxygen atoms in total. The Morgan fingerprint density at radius 2 is 1.71 bits per heavy atom. The summed E-state index contributed by atoms with van der Waals surface area (Å²) in [4.78, 5) is 26.0. The first-order chi connectivity index (χ1) is 13.3. The summed E-state index contributed by atoms with van der Waals surface area (Å²) in [5.41, 5.74) is 0.527. The highest BCUT2D eigenvalue weighted by Crippen LogP contribution is 2.25. The molecular weight excluding hydrogens is 375 g/mol. The zero-order valence-electron chi connectivity index (χ0n) is 15.3. The van der Waals surface area contributed by atoms with E-state index in [1.54, 1.807) is 20.0 Å². The molecule has 2 amide bonds. The molecule has 0 bridgehead atoms. The van der Waals surface area contributed by atoms with Gasteiger partial charge in [-0.3, -0.25) is 14.5 Å². The van der Waals surface area contributed by atoms with Crippen molar-refractivity contribution in [3.63, 3.8) is 0 Å². The fraction of sp³-hybridized carbons (Fsp3) is 0.263. The Morgan fingerprint density at radius 1 is 1.07 bits per heavy atom. The van der Waals surface area contributed by atoms with Gasteiger partial charge in [0.25, 0.3) is 0 Å². The molecule has 0 heterocycles. The van der Waals surface area contributed by atoms with Gasteiger partial charge in [0.05, 0.1) is 18.3 Å². The van der Waals surface area contributed by atoms with Gasteiger partial charge in [-0.15, -0.1) is 0 Å². The van der Waals surface area contributed by atoms with Crippen LogP contribution in [0.4, 0.5) is 24.5 Å². The van der Waals surface area contributed by atoms with Crippen LogP contribution in [0.25, 0.3) is 0 Å². The molecule has 2 aromatic carbocycles. The van der Waals surface area contributed by atoms with E-state index < -0.39 is 30.3 Å². The lowest BCUT2D eigenvalue weighted by Crippen LogP contribution is -2.43. The van der Waals surface area contributed by atoms with Crippen molar-refractivity contribution in [2.75, 3.05) is 24.2 Å². The van der Waals surface area contributed by atoms with E-state index >= 15 is 0 Å². The van der Waals surface area contributed by atoms with Crippen molar-refractivity contribution in [1.82, 2.24) is 4.90 Å². The van der Waals surface area contributed by atoms with Crippen LogP contribution < -0.4 is 15.4 Å². The summed E-state index contributed by atoms with van der Waals surface area (Å²) in [5, 5.41) is 5.11. The monoisotopic (exact) mass is 395 g/mol. The Balaban J connectivity index is 1.93. The van der Waals surface area contributed by atoms with Crippen LogP contribution in [0.15, 0.2) is 48.5 Å². The molecule has 0 aliphatic heterocycles. The number of halogens is 3. The predicted octanol–water partition coefficient (Wildman–Crippen LogP) is 3.32. The minimum absolute atomic E-state index is 0.101. The number of alkyl halides is 2. The van der Waals surface area contributed by atoms with Crippen molar-refractivity contribution in [2.45, 2.75) is 19.6 Å². The number of carbonyl (C=O) groups excluding carboxylic acids is 2. The standard InChI is InChI=1S/C19H20F3N3O3/c1-12(18(27)24-15-5-3-4-6-16(15)28-19(21)22)25(2)11-17(26)23-14-9-7-13(20)8-10-14/h3-10,12,19H,11H2,1-2H3,(H,23,26)(H,24,27). The van der Waals surface area contributed by atoms with Crippen LogP contribution in [0.2, 0.25) is 0 Å². The second-order valence-electron chi connectivity index (χ2n) is 6.01. The fourth-order valence-corrected chi connectivity index (χ4v) is 2.30. The number of hydrogen-bond donors (Lipinski definition) is 2. The Hall–Kier alpha value is -3.07. The van der Waals surface area contributed by atoms with Crippen LogP contribution >= 0.6 is 0 Å². The van der Waals surface area contributed by atoms with Gasteiger partial charge in [-0.05, 0) is 50.4 Å². The number of para-hydroxylation sites is 2. The number of anilines is 2. The molecule has 2 rings (SSSR count).